The molecule has 2 aliphatic rings. The van der Waals surface area contributed by atoms with Crippen molar-refractivity contribution >= 4 is 27.4 Å². The second-order valence-electron chi connectivity index (χ2n) is 10.00. The zero-order chi connectivity index (χ0) is 22.4. The Labute approximate surface area is 195 Å². The highest BCUT2D eigenvalue weighted by molar-refractivity contribution is 5.86. The average Bonchev–Trinajstić information content (AvgIpc) is 3.27. The first-order valence-corrected chi connectivity index (χ1v) is 12.4. The molecular formula is C29H32FN3. The fraction of sp³-hybridized carbons (Fsp3) is 0.379. The second kappa shape index (κ2) is 8.49. The maximum Gasteiger partial charge on any atom is 0.123 e. The number of halogens is 1. The first-order chi connectivity index (χ1) is 16.1. The van der Waals surface area contributed by atoms with Crippen LogP contribution in [0.25, 0.3) is 21.7 Å². The Morgan fingerprint density at radius 1 is 0.818 bits per heavy atom. The van der Waals surface area contributed by atoms with Gasteiger partial charge in [0.05, 0.1) is 0 Å². The summed E-state index contributed by atoms with van der Waals surface area (Å²) >= 11 is 0. The lowest BCUT2D eigenvalue weighted by atomic mass is 9.81. The van der Waals surface area contributed by atoms with Crippen LogP contribution in [-0.2, 0) is 0 Å². The fourth-order valence-electron chi connectivity index (χ4n) is 6.10. The number of nitrogens with one attached hydrogen (secondary N) is 1. The van der Waals surface area contributed by atoms with E-state index in [-0.39, 0.29) is 5.82 Å². The molecule has 0 spiro atoms. The number of rotatable bonds is 3. The van der Waals surface area contributed by atoms with E-state index in [2.05, 4.69) is 64.3 Å². The van der Waals surface area contributed by atoms with Gasteiger partial charge in [-0.3, -0.25) is 4.90 Å². The van der Waals surface area contributed by atoms with Gasteiger partial charge < -0.3 is 9.88 Å². The van der Waals surface area contributed by atoms with Crippen LogP contribution in [-0.4, -0.2) is 42.1 Å². The Morgan fingerprint density at radius 2 is 1.58 bits per heavy atom. The van der Waals surface area contributed by atoms with Gasteiger partial charge in [-0.2, -0.15) is 0 Å². The molecule has 1 saturated heterocycles. The predicted octanol–water partition coefficient (Wildman–Crippen LogP) is 6.62. The van der Waals surface area contributed by atoms with Crippen LogP contribution in [0.5, 0.6) is 0 Å². The molecule has 6 rings (SSSR count). The maximum atomic E-state index is 13.8. The highest BCUT2D eigenvalue weighted by Gasteiger charge is 2.30. The lowest BCUT2D eigenvalue weighted by Crippen LogP contribution is -2.51. The minimum atomic E-state index is -0.142. The van der Waals surface area contributed by atoms with Gasteiger partial charge in [0, 0.05) is 55.0 Å². The number of aromatic amines is 1. The van der Waals surface area contributed by atoms with Gasteiger partial charge in [-0.15, -0.1) is 0 Å². The van der Waals surface area contributed by atoms with E-state index in [0.29, 0.717) is 12.0 Å². The summed E-state index contributed by atoms with van der Waals surface area (Å²) in [5.41, 5.74) is 5.02. The Bertz CT molecular complexity index is 1280. The molecule has 3 nitrogen and oxygen atoms in total. The van der Waals surface area contributed by atoms with Crippen LogP contribution in [0.15, 0.2) is 60.8 Å². The van der Waals surface area contributed by atoms with Crippen LogP contribution in [0.4, 0.5) is 10.1 Å². The first kappa shape index (κ1) is 20.7. The maximum absolute atomic E-state index is 13.8. The number of anilines is 1. The highest BCUT2D eigenvalue weighted by atomic mass is 19.1. The number of fused-ring (bicyclic) bond motifs is 2. The van der Waals surface area contributed by atoms with Gasteiger partial charge in [-0.05, 0) is 85.2 Å². The Hall–Kier alpha value is -2.85. The molecule has 0 unspecified atom stereocenters. The lowest BCUT2D eigenvalue weighted by Gasteiger charge is -2.42. The van der Waals surface area contributed by atoms with Crippen molar-refractivity contribution in [3.8, 4) is 0 Å². The summed E-state index contributed by atoms with van der Waals surface area (Å²) < 4.78 is 13.8. The molecule has 2 fully saturated rings. The molecule has 2 heterocycles. The summed E-state index contributed by atoms with van der Waals surface area (Å²) in [5.74, 6) is 0.399. The van der Waals surface area contributed by atoms with E-state index >= 15 is 0 Å². The smallest absolute Gasteiger partial charge is 0.123 e. The fourth-order valence-corrected chi connectivity index (χ4v) is 6.10. The molecule has 1 saturated carbocycles. The minimum absolute atomic E-state index is 0.142. The molecule has 3 aromatic carbocycles. The van der Waals surface area contributed by atoms with Gasteiger partial charge in [0.15, 0.2) is 0 Å². The number of H-pyrrole nitrogens is 1. The average molecular weight is 442 g/mol. The van der Waals surface area contributed by atoms with Crippen LogP contribution < -0.4 is 4.90 Å². The number of hydrogen-bond acceptors (Lipinski definition) is 2. The number of hydrogen-bond donors (Lipinski definition) is 1. The molecule has 33 heavy (non-hydrogen) atoms. The number of piperazine rings is 1. The lowest BCUT2D eigenvalue weighted by molar-refractivity contribution is 0.141. The summed E-state index contributed by atoms with van der Waals surface area (Å²) in [6.07, 6.45) is 6.97. The Morgan fingerprint density at radius 3 is 2.39 bits per heavy atom. The van der Waals surface area contributed by atoms with Gasteiger partial charge in [0.2, 0.25) is 0 Å². The van der Waals surface area contributed by atoms with E-state index in [9.17, 15) is 4.39 Å². The highest BCUT2D eigenvalue weighted by Crippen LogP contribution is 2.38. The van der Waals surface area contributed by atoms with Crippen molar-refractivity contribution in [1.29, 1.82) is 0 Å². The van der Waals surface area contributed by atoms with Gasteiger partial charge in [-0.25, -0.2) is 4.39 Å². The van der Waals surface area contributed by atoms with Crippen molar-refractivity contribution in [3.05, 3.63) is 77.7 Å². The molecule has 0 amide bonds. The predicted molar refractivity (Wildman–Crippen MR) is 136 cm³/mol. The zero-order valence-electron chi connectivity index (χ0n) is 19.4. The van der Waals surface area contributed by atoms with Crippen LogP contribution in [0.1, 0.15) is 42.7 Å². The third-order valence-corrected chi connectivity index (χ3v) is 7.99. The Kier molecular flexibility index (Phi) is 5.34. The molecule has 1 N–H and O–H groups in total. The number of aromatic nitrogens is 1. The topological polar surface area (TPSA) is 22.3 Å². The van der Waals surface area contributed by atoms with Crippen molar-refractivity contribution in [2.45, 2.75) is 44.6 Å². The quantitative estimate of drug-likeness (QED) is 0.386. The monoisotopic (exact) mass is 441 g/mol. The minimum Gasteiger partial charge on any atom is -0.369 e. The SMILES string of the molecule is Cc1ccc2cc(N3CCN(C4CCC(c5c[nH]c6ccc(F)cc56)CC4)CC3)ccc2c1. The van der Waals surface area contributed by atoms with Crippen molar-refractivity contribution in [1.82, 2.24) is 9.88 Å². The molecule has 170 valence electrons. The van der Waals surface area contributed by atoms with Gasteiger partial charge in [0.25, 0.3) is 0 Å². The van der Waals surface area contributed by atoms with Crippen molar-refractivity contribution in [3.63, 3.8) is 0 Å². The standard InChI is InChI=1S/C29H32FN3/c1-20-2-3-23-17-26(10-6-22(23)16-20)33-14-12-32(13-15-33)25-8-4-21(5-9-25)28-19-31-29-11-7-24(30)18-27(28)29/h2-3,6-7,10-11,16-19,21,25,31H,4-5,8-9,12-15H2,1H3. The number of nitrogens with zero attached hydrogens (tertiary/aromatic N) is 2. The third kappa shape index (κ3) is 4.02. The van der Waals surface area contributed by atoms with Crippen molar-refractivity contribution in [2.24, 2.45) is 0 Å². The summed E-state index contributed by atoms with van der Waals surface area (Å²) in [7, 11) is 0. The van der Waals surface area contributed by atoms with E-state index in [4.69, 9.17) is 0 Å². The normalized spacial score (nSPS) is 22.3. The summed E-state index contributed by atoms with van der Waals surface area (Å²) in [6.45, 7) is 6.62. The van der Waals surface area contributed by atoms with Gasteiger partial charge in [-0.1, -0.05) is 29.8 Å². The van der Waals surface area contributed by atoms with Gasteiger partial charge in [0.1, 0.15) is 5.82 Å². The molecule has 0 bridgehead atoms. The van der Waals surface area contributed by atoms with E-state index in [1.54, 1.807) is 6.07 Å². The molecule has 1 aliphatic carbocycles. The molecular weight excluding hydrogens is 409 g/mol. The molecule has 0 radical (unpaired) electrons. The Balaban J connectivity index is 1.07. The molecule has 4 heteroatoms. The molecule has 1 aliphatic heterocycles. The largest absolute Gasteiger partial charge is 0.369 e. The van der Waals surface area contributed by atoms with E-state index < -0.39 is 0 Å². The van der Waals surface area contributed by atoms with Gasteiger partial charge >= 0.3 is 0 Å². The van der Waals surface area contributed by atoms with Crippen LogP contribution >= 0.6 is 0 Å². The van der Waals surface area contributed by atoms with Crippen molar-refractivity contribution in [2.75, 3.05) is 31.1 Å². The first-order valence-electron chi connectivity index (χ1n) is 12.4. The third-order valence-electron chi connectivity index (χ3n) is 7.99. The molecule has 1 aromatic heterocycles. The van der Waals surface area contributed by atoms with E-state index in [1.807, 2.05) is 6.07 Å². The zero-order valence-corrected chi connectivity index (χ0v) is 19.4. The summed E-state index contributed by atoms with van der Waals surface area (Å²) in [5, 5.41) is 3.72. The van der Waals surface area contributed by atoms with Crippen LogP contribution in [0.3, 0.4) is 0 Å². The summed E-state index contributed by atoms with van der Waals surface area (Å²) in [6, 6.07) is 19.4. The van der Waals surface area contributed by atoms with Crippen LogP contribution in [0.2, 0.25) is 0 Å². The van der Waals surface area contributed by atoms with Crippen molar-refractivity contribution < 1.29 is 4.39 Å². The number of aryl methyl sites for hydroxylation is 1. The second-order valence-corrected chi connectivity index (χ2v) is 10.00. The van der Waals surface area contributed by atoms with Crippen LogP contribution in [0, 0.1) is 12.7 Å². The van der Waals surface area contributed by atoms with E-state index in [1.165, 1.54) is 59.3 Å². The summed E-state index contributed by atoms with van der Waals surface area (Å²) in [4.78, 5) is 8.60. The molecule has 0 atom stereocenters. The molecule has 4 aromatic rings. The number of benzene rings is 3. The van der Waals surface area contributed by atoms with E-state index in [0.717, 1.165) is 37.1 Å².